The van der Waals surface area contributed by atoms with E-state index < -0.39 is 0 Å². The van der Waals surface area contributed by atoms with Crippen molar-refractivity contribution in [2.75, 3.05) is 13.2 Å². The lowest BCUT2D eigenvalue weighted by atomic mass is 10.4. The smallest absolute Gasteiger partial charge is 0.126 e. The summed E-state index contributed by atoms with van der Waals surface area (Å²) in [6, 6.07) is 12.0. The fourth-order valence-electron chi connectivity index (χ4n) is 0.895. The number of Topliss-reactive ketones (excluding diaryl/α,β-unsaturated/α-hetero) is 1. The zero-order valence-electron chi connectivity index (χ0n) is 9.61. The fraction of sp³-hybridized carbons (Fsp3) is 0.462. The van der Waals surface area contributed by atoms with Gasteiger partial charge in [-0.15, -0.1) is 0 Å². The van der Waals surface area contributed by atoms with Crippen LogP contribution in [0.5, 0.6) is 0 Å². The van der Waals surface area contributed by atoms with E-state index in [-0.39, 0.29) is 5.78 Å². The Labute approximate surface area is 92.3 Å². The van der Waals surface area contributed by atoms with Crippen LogP contribution in [0.2, 0.25) is 0 Å². The van der Waals surface area contributed by atoms with E-state index in [1.54, 1.807) is 0 Å². The van der Waals surface area contributed by atoms with Crippen LogP contribution in [-0.2, 0) is 9.53 Å². The summed E-state index contributed by atoms with van der Waals surface area (Å²) >= 11 is 0. The summed E-state index contributed by atoms with van der Waals surface area (Å²) in [5, 5.41) is 0. The van der Waals surface area contributed by atoms with Gasteiger partial charge in [-0.05, 0) is 26.7 Å². The molecule has 1 aromatic carbocycles. The average molecular weight is 208 g/mol. The van der Waals surface area contributed by atoms with E-state index >= 15 is 0 Å². The first-order chi connectivity index (χ1) is 7.23. The Morgan fingerprint density at radius 1 is 0.867 bits per heavy atom. The highest BCUT2D eigenvalue weighted by Crippen LogP contribution is 1.98. The molecule has 84 valence electrons. The first kappa shape index (κ1) is 13.8. The van der Waals surface area contributed by atoms with Crippen LogP contribution >= 0.6 is 0 Å². The van der Waals surface area contributed by atoms with Gasteiger partial charge in [0.05, 0.1) is 0 Å². The summed E-state index contributed by atoms with van der Waals surface area (Å²) in [5.74, 6) is 0.167. The highest BCUT2D eigenvalue weighted by molar-refractivity contribution is 5.72. The van der Waals surface area contributed by atoms with E-state index in [1.807, 2.05) is 36.4 Å². The second-order valence-electron chi connectivity index (χ2n) is 3.38. The van der Waals surface area contributed by atoms with Crippen molar-refractivity contribution in [3.63, 3.8) is 0 Å². The summed E-state index contributed by atoms with van der Waals surface area (Å²) in [5.41, 5.74) is 0. The van der Waals surface area contributed by atoms with Gasteiger partial charge in [0.2, 0.25) is 0 Å². The fourth-order valence-corrected chi connectivity index (χ4v) is 0.895. The summed E-state index contributed by atoms with van der Waals surface area (Å²) < 4.78 is 4.94. The third kappa shape index (κ3) is 15.6. The molecule has 0 bridgehead atoms. The quantitative estimate of drug-likeness (QED) is 0.655. The van der Waals surface area contributed by atoms with Crippen molar-refractivity contribution in [3.8, 4) is 0 Å². The van der Waals surface area contributed by atoms with Gasteiger partial charge in [-0.3, -0.25) is 0 Å². The second kappa shape index (κ2) is 10.9. The summed E-state index contributed by atoms with van der Waals surface area (Å²) in [6.07, 6.45) is 2.56. The summed E-state index contributed by atoms with van der Waals surface area (Å²) in [6.45, 7) is 5.06. The maximum atomic E-state index is 9.44. The largest absolute Gasteiger partial charge is 0.381 e. The van der Waals surface area contributed by atoms with Crippen LogP contribution in [-0.4, -0.2) is 19.0 Å². The number of rotatable bonds is 0. The van der Waals surface area contributed by atoms with Crippen LogP contribution in [0.15, 0.2) is 36.4 Å². The molecule has 0 atom stereocenters. The van der Waals surface area contributed by atoms with Gasteiger partial charge in [0.15, 0.2) is 0 Å². The molecule has 0 aromatic heterocycles. The van der Waals surface area contributed by atoms with Crippen LogP contribution < -0.4 is 0 Å². The average Bonchev–Trinajstić information content (AvgIpc) is 2.77. The van der Waals surface area contributed by atoms with Crippen LogP contribution in [0.3, 0.4) is 0 Å². The van der Waals surface area contributed by atoms with Crippen molar-refractivity contribution in [3.05, 3.63) is 36.4 Å². The van der Waals surface area contributed by atoms with Crippen LogP contribution in [0.4, 0.5) is 0 Å². The molecule has 0 unspecified atom stereocenters. The first-order valence-corrected chi connectivity index (χ1v) is 5.28. The molecule has 0 N–H and O–H groups in total. The van der Waals surface area contributed by atoms with Gasteiger partial charge in [0, 0.05) is 13.2 Å². The molecule has 15 heavy (non-hydrogen) atoms. The van der Waals surface area contributed by atoms with Crippen LogP contribution in [0, 0.1) is 0 Å². The van der Waals surface area contributed by atoms with Crippen molar-refractivity contribution in [1.29, 1.82) is 0 Å². The van der Waals surface area contributed by atoms with Crippen molar-refractivity contribution in [2.45, 2.75) is 26.7 Å². The minimum Gasteiger partial charge on any atom is -0.381 e. The normalized spacial score (nSPS) is 12.9. The lowest BCUT2D eigenvalue weighted by Crippen LogP contribution is -1.74. The Hall–Kier alpha value is -1.15. The molecular weight excluding hydrogens is 188 g/mol. The van der Waals surface area contributed by atoms with E-state index in [1.165, 1.54) is 26.7 Å². The molecule has 1 fully saturated rings. The SMILES string of the molecule is C1CCOC1.CC(C)=O.c1ccccc1. The third-order valence-electron chi connectivity index (χ3n) is 1.49. The second-order valence-corrected chi connectivity index (χ2v) is 3.38. The van der Waals surface area contributed by atoms with Gasteiger partial charge >= 0.3 is 0 Å². The Morgan fingerprint density at radius 2 is 1.13 bits per heavy atom. The predicted octanol–water partition coefficient (Wildman–Crippen LogP) is 3.08. The predicted molar refractivity (Wildman–Crippen MR) is 62.9 cm³/mol. The maximum absolute atomic E-state index is 9.44. The first-order valence-electron chi connectivity index (χ1n) is 5.28. The van der Waals surface area contributed by atoms with E-state index in [4.69, 9.17) is 4.74 Å². The molecule has 0 radical (unpaired) electrons. The summed E-state index contributed by atoms with van der Waals surface area (Å²) in [4.78, 5) is 9.44. The van der Waals surface area contributed by atoms with E-state index in [0.29, 0.717) is 0 Å². The van der Waals surface area contributed by atoms with Crippen molar-refractivity contribution in [2.24, 2.45) is 0 Å². The van der Waals surface area contributed by atoms with E-state index in [0.717, 1.165) is 13.2 Å². The van der Waals surface area contributed by atoms with Crippen molar-refractivity contribution < 1.29 is 9.53 Å². The molecule has 1 aliphatic rings. The van der Waals surface area contributed by atoms with Gasteiger partial charge in [-0.25, -0.2) is 0 Å². The summed E-state index contributed by atoms with van der Waals surface area (Å²) in [7, 11) is 0. The van der Waals surface area contributed by atoms with Crippen LogP contribution in [0.1, 0.15) is 26.7 Å². The molecular formula is C13H20O2. The molecule has 1 saturated heterocycles. The van der Waals surface area contributed by atoms with E-state index in [2.05, 4.69) is 0 Å². The number of carbonyl (C=O) groups excluding carboxylic acids is 1. The lowest BCUT2D eigenvalue weighted by molar-refractivity contribution is -0.114. The van der Waals surface area contributed by atoms with Gasteiger partial charge in [-0.1, -0.05) is 36.4 Å². The Kier molecular flexibility index (Phi) is 10.1. The molecule has 0 saturated carbocycles. The molecule has 1 aromatic rings. The maximum Gasteiger partial charge on any atom is 0.126 e. The topological polar surface area (TPSA) is 26.3 Å². The highest BCUT2D eigenvalue weighted by Gasteiger charge is 1.94. The molecule has 0 aliphatic carbocycles. The Balaban J connectivity index is 0.000000202. The monoisotopic (exact) mass is 208 g/mol. The number of ether oxygens (including phenoxy) is 1. The van der Waals surface area contributed by atoms with Gasteiger partial charge < -0.3 is 9.53 Å². The molecule has 2 nitrogen and oxygen atoms in total. The molecule has 0 amide bonds. The minimum absolute atomic E-state index is 0.167. The minimum atomic E-state index is 0.167. The molecule has 2 heteroatoms. The third-order valence-corrected chi connectivity index (χ3v) is 1.49. The molecule has 2 rings (SSSR count). The molecule has 0 spiro atoms. The lowest BCUT2D eigenvalue weighted by Gasteiger charge is -1.76. The Morgan fingerprint density at radius 3 is 1.27 bits per heavy atom. The zero-order valence-corrected chi connectivity index (χ0v) is 9.61. The Bertz CT molecular complexity index is 189. The van der Waals surface area contributed by atoms with E-state index in [9.17, 15) is 4.79 Å². The standard InChI is InChI=1S/C6H6.C4H8O.C3H6O/c1-2-4-6-5-3-1;1-2-4-5-3-1;1-3(2)4/h1-6H;1-4H2;1-2H3. The van der Waals surface area contributed by atoms with Gasteiger partial charge in [0.25, 0.3) is 0 Å². The van der Waals surface area contributed by atoms with Crippen molar-refractivity contribution >= 4 is 5.78 Å². The highest BCUT2D eigenvalue weighted by atomic mass is 16.5. The number of ketones is 1. The molecule has 1 heterocycles. The zero-order chi connectivity index (χ0) is 11.4. The van der Waals surface area contributed by atoms with Gasteiger partial charge in [0.1, 0.15) is 5.78 Å². The number of benzene rings is 1. The number of hydrogen-bond acceptors (Lipinski definition) is 2. The van der Waals surface area contributed by atoms with Crippen LogP contribution in [0.25, 0.3) is 0 Å². The number of carbonyl (C=O) groups is 1. The van der Waals surface area contributed by atoms with Gasteiger partial charge in [-0.2, -0.15) is 0 Å². The molecule has 1 aliphatic heterocycles. The van der Waals surface area contributed by atoms with Crippen molar-refractivity contribution in [1.82, 2.24) is 0 Å². The number of hydrogen-bond donors (Lipinski definition) is 0.